The average molecular weight is 769 g/mol. The molecule has 0 rings (SSSR count). The molecule has 8 nitrogen and oxygen atoms in total. The number of rotatable bonds is 39. The van der Waals surface area contributed by atoms with Crippen LogP contribution in [0.4, 0.5) is 0 Å². The lowest BCUT2D eigenvalue weighted by atomic mass is 10.0. The SMILES string of the molecule is CC/C=C\C/C=C\C/C=C\C/C=C\CCCCCCC(=O)O[C@H](COCCCCCCCCCCCCCCCC)COP(=O)(O)OCC[N+](C)(C)C. The molecule has 0 fully saturated rings. The molecule has 0 heterocycles. The molecule has 53 heavy (non-hydrogen) atoms. The first-order valence-corrected chi connectivity index (χ1v) is 22.9. The van der Waals surface area contributed by atoms with E-state index in [1.165, 1.54) is 77.0 Å². The van der Waals surface area contributed by atoms with Crippen LogP contribution in [0.15, 0.2) is 48.6 Å². The van der Waals surface area contributed by atoms with Crippen LogP contribution in [0.5, 0.6) is 0 Å². The van der Waals surface area contributed by atoms with E-state index in [1.54, 1.807) is 0 Å². The van der Waals surface area contributed by atoms with Crippen LogP contribution in [0, 0.1) is 0 Å². The third kappa shape index (κ3) is 41.5. The van der Waals surface area contributed by atoms with E-state index in [2.05, 4.69) is 62.5 Å². The number of likely N-dealkylation sites (N-methyl/N-ethyl adjacent to an activating group) is 1. The fraction of sp³-hybridized carbons (Fsp3) is 0.795. The Morgan fingerprint density at radius 1 is 0.604 bits per heavy atom. The monoisotopic (exact) mass is 769 g/mol. The number of carbonyl (C=O) groups is 1. The Labute approximate surface area is 327 Å². The Morgan fingerprint density at radius 3 is 1.64 bits per heavy atom. The predicted octanol–water partition coefficient (Wildman–Crippen LogP) is 12.4. The predicted molar refractivity (Wildman–Crippen MR) is 224 cm³/mol. The second kappa shape index (κ2) is 37.4. The molecule has 0 saturated carbocycles. The minimum Gasteiger partial charge on any atom is -0.457 e. The Hall–Kier alpha value is -1.54. The maximum Gasteiger partial charge on any atom is 0.472 e. The van der Waals surface area contributed by atoms with Crippen LogP contribution in [0.25, 0.3) is 0 Å². The third-order valence-electron chi connectivity index (χ3n) is 8.90. The molecular formula is C44H83NO7P+. The molecule has 0 radical (unpaired) electrons. The maximum atomic E-state index is 12.7. The highest BCUT2D eigenvalue weighted by Gasteiger charge is 2.26. The van der Waals surface area contributed by atoms with Crippen molar-refractivity contribution in [1.82, 2.24) is 0 Å². The summed E-state index contributed by atoms with van der Waals surface area (Å²) in [5.74, 6) is -0.337. The summed E-state index contributed by atoms with van der Waals surface area (Å²) in [4.78, 5) is 22.9. The fourth-order valence-corrected chi connectivity index (χ4v) is 6.34. The van der Waals surface area contributed by atoms with E-state index in [4.69, 9.17) is 18.5 Å². The van der Waals surface area contributed by atoms with Crippen LogP contribution in [0.3, 0.4) is 0 Å². The molecule has 0 aromatic carbocycles. The molecule has 310 valence electrons. The van der Waals surface area contributed by atoms with E-state index in [0.29, 0.717) is 24.1 Å². The van der Waals surface area contributed by atoms with Gasteiger partial charge in [-0.25, -0.2) is 4.57 Å². The molecule has 9 heteroatoms. The van der Waals surface area contributed by atoms with Crippen LogP contribution in [0.1, 0.15) is 168 Å². The molecule has 1 unspecified atom stereocenters. The minimum atomic E-state index is -4.28. The number of ether oxygens (including phenoxy) is 2. The highest BCUT2D eigenvalue weighted by atomic mass is 31.2. The van der Waals surface area contributed by atoms with E-state index in [0.717, 1.165) is 70.6 Å². The lowest BCUT2D eigenvalue weighted by Gasteiger charge is -2.24. The molecule has 1 N–H and O–H groups in total. The molecular weight excluding hydrogens is 685 g/mol. The van der Waals surface area contributed by atoms with Gasteiger partial charge in [0.15, 0.2) is 0 Å². The highest BCUT2D eigenvalue weighted by Crippen LogP contribution is 2.43. The number of nitrogens with zero attached hydrogens (tertiary/aromatic N) is 1. The summed E-state index contributed by atoms with van der Waals surface area (Å²) in [5.41, 5.74) is 0. The number of unbranched alkanes of at least 4 members (excludes halogenated alkanes) is 17. The van der Waals surface area contributed by atoms with Gasteiger partial charge in [-0.3, -0.25) is 13.8 Å². The van der Waals surface area contributed by atoms with Crippen molar-refractivity contribution in [2.24, 2.45) is 0 Å². The summed E-state index contributed by atoms with van der Waals surface area (Å²) < 4.78 is 34.9. The van der Waals surface area contributed by atoms with Crippen molar-refractivity contribution in [2.75, 3.05) is 54.1 Å². The number of hydrogen-bond donors (Lipinski definition) is 1. The lowest BCUT2D eigenvalue weighted by molar-refractivity contribution is -0.870. The number of hydrogen-bond acceptors (Lipinski definition) is 6. The number of esters is 1. The zero-order chi connectivity index (χ0) is 39.1. The van der Waals surface area contributed by atoms with Crippen molar-refractivity contribution in [2.45, 2.75) is 174 Å². The number of quaternary nitrogens is 1. The van der Waals surface area contributed by atoms with Gasteiger partial charge in [0.05, 0.1) is 34.4 Å². The van der Waals surface area contributed by atoms with Crippen molar-refractivity contribution in [1.29, 1.82) is 0 Å². The Morgan fingerprint density at radius 2 is 1.09 bits per heavy atom. The van der Waals surface area contributed by atoms with Gasteiger partial charge < -0.3 is 18.9 Å². The summed E-state index contributed by atoms with van der Waals surface area (Å²) in [6, 6.07) is 0. The summed E-state index contributed by atoms with van der Waals surface area (Å²) >= 11 is 0. The fourth-order valence-electron chi connectivity index (χ4n) is 5.60. The molecule has 0 aromatic rings. The van der Waals surface area contributed by atoms with Gasteiger partial charge in [-0.2, -0.15) is 0 Å². The largest absolute Gasteiger partial charge is 0.472 e. The van der Waals surface area contributed by atoms with Gasteiger partial charge in [-0.05, 0) is 51.4 Å². The summed E-state index contributed by atoms with van der Waals surface area (Å²) in [7, 11) is 1.65. The average Bonchev–Trinajstić information content (AvgIpc) is 3.11. The third-order valence-corrected chi connectivity index (χ3v) is 9.89. The maximum absolute atomic E-state index is 12.7. The minimum absolute atomic E-state index is 0.0830. The summed E-state index contributed by atoms with van der Waals surface area (Å²) in [6.45, 7) is 5.48. The van der Waals surface area contributed by atoms with Crippen molar-refractivity contribution in [3.8, 4) is 0 Å². The standard InChI is InChI=1S/C44H82NO7P/c1-6-8-10-12-14-16-18-20-22-23-24-25-27-29-31-33-35-37-44(46)52-43(42-51-53(47,48)50-40-38-45(3,4)5)41-49-39-36-34-32-30-28-26-21-19-17-15-13-11-9-7-2/h8,10,14,16,20,22,24-25,43H,6-7,9,11-13,15,17-19,21,23,26-42H2,1-5H3/p+1/b10-8-,16-14-,22-20-,25-24-/t43-/m1/s1. The normalized spacial score (nSPS) is 14.3. The number of allylic oxidation sites excluding steroid dienone is 8. The lowest BCUT2D eigenvalue weighted by Crippen LogP contribution is -2.37. The number of phosphoric ester groups is 1. The second-order valence-electron chi connectivity index (χ2n) is 15.3. The molecule has 0 amide bonds. The first-order chi connectivity index (χ1) is 25.6. The van der Waals surface area contributed by atoms with E-state index in [-0.39, 0.29) is 25.8 Å². The Kier molecular flexibility index (Phi) is 36.3. The van der Waals surface area contributed by atoms with Crippen molar-refractivity contribution < 1.29 is 37.3 Å². The Bertz CT molecular complexity index is 989. The van der Waals surface area contributed by atoms with Gasteiger partial charge in [0.2, 0.25) is 0 Å². The molecule has 0 aromatic heterocycles. The van der Waals surface area contributed by atoms with E-state index < -0.39 is 13.9 Å². The van der Waals surface area contributed by atoms with Crippen molar-refractivity contribution in [3.63, 3.8) is 0 Å². The molecule has 0 aliphatic rings. The van der Waals surface area contributed by atoms with Gasteiger partial charge in [0.1, 0.15) is 19.3 Å². The molecule has 2 atom stereocenters. The summed E-state index contributed by atoms with van der Waals surface area (Å²) in [5, 5.41) is 0. The number of carbonyl (C=O) groups excluding carboxylic acids is 1. The van der Waals surface area contributed by atoms with Crippen LogP contribution in [-0.4, -0.2) is 75.6 Å². The molecule has 0 saturated heterocycles. The van der Waals surface area contributed by atoms with Gasteiger partial charge >= 0.3 is 13.8 Å². The zero-order valence-corrected chi connectivity index (χ0v) is 35.9. The van der Waals surface area contributed by atoms with Gasteiger partial charge in [-0.15, -0.1) is 0 Å². The molecule has 0 spiro atoms. The first kappa shape index (κ1) is 51.5. The smallest absolute Gasteiger partial charge is 0.457 e. The van der Waals surface area contributed by atoms with Crippen molar-refractivity contribution >= 4 is 13.8 Å². The number of phosphoric acid groups is 1. The quantitative estimate of drug-likeness (QED) is 0.0219. The highest BCUT2D eigenvalue weighted by molar-refractivity contribution is 7.47. The molecule has 0 aliphatic heterocycles. The van der Waals surface area contributed by atoms with E-state index in [9.17, 15) is 14.3 Å². The van der Waals surface area contributed by atoms with E-state index >= 15 is 0 Å². The van der Waals surface area contributed by atoms with Crippen LogP contribution < -0.4 is 0 Å². The summed E-state index contributed by atoms with van der Waals surface area (Å²) in [6.07, 6.45) is 44.2. The van der Waals surface area contributed by atoms with E-state index in [1.807, 2.05) is 21.1 Å². The van der Waals surface area contributed by atoms with Gasteiger partial charge in [0, 0.05) is 13.0 Å². The second-order valence-corrected chi connectivity index (χ2v) is 16.8. The van der Waals surface area contributed by atoms with Crippen LogP contribution >= 0.6 is 7.82 Å². The van der Waals surface area contributed by atoms with Gasteiger partial charge in [-0.1, -0.05) is 159 Å². The van der Waals surface area contributed by atoms with Gasteiger partial charge in [0.25, 0.3) is 0 Å². The Balaban J connectivity index is 4.30. The molecule has 0 aliphatic carbocycles. The zero-order valence-electron chi connectivity index (χ0n) is 35.0. The van der Waals surface area contributed by atoms with Crippen molar-refractivity contribution in [3.05, 3.63) is 48.6 Å². The first-order valence-electron chi connectivity index (χ1n) is 21.4. The molecule has 0 bridgehead atoms. The topological polar surface area (TPSA) is 91.3 Å². The van der Waals surface area contributed by atoms with Crippen LogP contribution in [0.2, 0.25) is 0 Å². The van der Waals surface area contributed by atoms with Crippen LogP contribution in [-0.2, 0) is 27.9 Å².